The predicted molar refractivity (Wildman–Crippen MR) is 73.2 cm³/mol. The quantitative estimate of drug-likeness (QED) is 0.891. The highest BCUT2D eigenvalue weighted by Gasteiger charge is 2.20. The van der Waals surface area contributed by atoms with Crippen LogP contribution in [0.4, 0.5) is 0 Å². The molecule has 19 heavy (non-hydrogen) atoms. The molecule has 0 saturated carbocycles. The maximum absolute atomic E-state index is 10.9. The molecule has 1 aromatic heterocycles. The Kier molecular flexibility index (Phi) is 4.50. The van der Waals surface area contributed by atoms with Crippen molar-refractivity contribution in [3.63, 3.8) is 0 Å². The first-order chi connectivity index (χ1) is 9.06. The van der Waals surface area contributed by atoms with Crippen LogP contribution in [0.2, 0.25) is 0 Å². The van der Waals surface area contributed by atoms with Crippen LogP contribution in [0, 0.1) is 0 Å². The summed E-state index contributed by atoms with van der Waals surface area (Å²) in [5, 5.41) is 8.96. The molecule has 0 bridgehead atoms. The number of likely N-dealkylation sites (N-methyl/N-ethyl adjacent to an activating group) is 1. The number of carboxylic acid groups (broad SMARTS) is 1. The summed E-state index contributed by atoms with van der Waals surface area (Å²) in [5.74, 6) is -0.967. The highest BCUT2D eigenvalue weighted by atomic mass is 16.4. The number of pyridine rings is 1. The van der Waals surface area contributed by atoms with E-state index in [2.05, 4.69) is 28.8 Å². The van der Waals surface area contributed by atoms with Gasteiger partial charge in [0.15, 0.2) is 0 Å². The minimum atomic E-state index is -0.967. The molecule has 0 amide bonds. The maximum atomic E-state index is 10.9. The molecule has 0 aliphatic carbocycles. The molecule has 5 nitrogen and oxygen atoms in total. The number of hydrogen-bond donors (Lipinski definition) is 1. The van der Waals surface area contributed by atoms with Crippen LogP contribution in [-0.2, 0) is 6.54 Å². The van der Waals surface area contributed by atoms with Crippen LogP contribution in [0.3, 0.4) is 0 Å². The van der Waals surface area contributed by atoms with E-state index in [1.54, 1.807) is 6.07 Å². The van der Waals surface area contributed by atoms with Crippen molar-refractivity contribution >= 4 is 5.97 Å². The summed E-state index contributed by atoms with van der Waals surface area (Å²) in [5.41, 5.74) is 0.952. The number of carbonyl (C=O) groups is 1. The van der Waals surface area contributed by atoms with Crippen molar-refractivity contribution in [2.45, 2.75) is 25.9 Å². The molecule has 0 aromatic carbocycles. The number of rotatable bonds is 3. The smallest absolute Gasteiger partial charge is 0.354 e. The van der Waals surface area contributed by atoms with Gasteiger partial charge in [-0.3, -0.25) is 4.90 Å². The van der Waals surface area contributed by atoms with Gasteiger partial charge in [0.25, 0.3) is 0 Å². The zero-order valence-electron chi connectivity index (χ0n) is 11.5. The van der Waals surface area contributed by atoms with Gasteiger partial charge in [-0.15, -0.1) is 0 Å². The molecule has 104 valence electrons. The Balaban J connectivity index is 2.07. The lowest BCUT2D eigenvalue weighted by Gasteiger charge is -2.27. The standard InChI is InChI=1S/C14H21N3O2/c1-11-9-16(2)7-4-8-17(11)10-12-5-3-6-13(15-12)14(18)19/h3,5-6,11H,4,7-10H2,1-2H3,(H,18,19). The van der Waals surface area contributed by atoms with Crippen molar-refractivity contribution < 1.29 is 9.90 Å². The molecular formula is C14H21N3O2. The topological polar surface area (TPSA) is 56.7 Å². The summed E-state index contributed by atoms with van der Waals surface area (Å²) < 4.78 is 0. The van der Waals surface area contributed by atoms with E-state index in [0.29, 0.717) is 6.04 Å². The third-order valence-electron chi connectivity index (χ3n) is 3.58. The normalized spacial score (nSPS) is 22.1. The second-order valence-electron chi connectivity index (χ2n) is 5.25. The van der Waals surface area contributed by atoms with E-state index < -0.39 is 5.97 Å². The second-order valence-corrected chi connectivity index (χ2v) is 5.25. The summed E-state index contributed by atoms with van der Waals surface area (Å²) >= 11 is 0. The van der Waals surface area contributed by atoms with Gasteiger partial charge in [-0.1, -0.05) is 6.07 Å². The van der Waals surface area contributed by atoms with E-state index in [0.717, 1.165) is 38.3 Å². The molecule has 1 fully saturated rings. The Morgan fingerprint density at radius 2 is 2.26 bits per heavy atom. The monoisotopic (exact) mass is 263 g/mol. The van der Waals surface area contributed by atoms with E-state index in [1.807, 2.05) is 6.07 Å². The van der Waals surface area contributed by atoms with Crippen LogP contribution in [0.1, 0.15) is 29.5 Å². The first-order valence-electron chi connectivity index (χ1n) is 6.68. The van der Waals surface area contributed by atoms with Gasteiger partial charge in [0.2, 0.25) is 0 Å². The summed E-state index contributed by atoms with van der Waals surface area (Å²) in [7, 11) is 2.14. The predicted octanol–water partition coefficient (Wildman–Crippen LogP) is 1.31. The third kappa shape index (κ3) is 3.75. The minimum absolute atomic E-state index is 0.122. The largest absolute Gasteiger partial charge is 0.477 e. The Bertz CT molecular complexity index is 450. The molecule has 1 aliphatic rings. The number of nitrogens with zero attached hydrogens (tertiary/aromatic N) is 3. The van der Waals surface area contributed by atoms with Crippen molar-refractivity contribution in [3.8, 4) is 0 Å². The molecule has 1 aromatic rings. The highest BCUT2D eigenvalue weighted by molar-refractivity contribution is 5.85. The molecule has 1 aliphatic heterocycles. The molecule has 1 N–H and O–H groups in total. The van der Waals surface area contributed by atoms with Gasteiger partial charge in [-0.05, 0) is 39.1 Å². The van der Waals surface area contributed by atoms with Crippen molar-refractivity contribution in [2.75, 3.05) is 26.7 Å². The fourth-order valence-corrected chi connectivity index (χ4v) is 2.55. The molecule has 2 heterocycles. The highest BCUT2D eigenvalue weighted by Crippen LogP contribution is 2.12. The summed E-state index contributed by atoms with van der Waals surface area (Å²) in [6.45, 7) is 6.12. The lowest BCUT2D eigenvalue weighted by molar-refractivity contribution is 0.0690. The van der Waals surface area contributed by atoms with E-state index in [1.165, 1.54) is 6.07 Å². The number of hydrogen-bond acceptors (Lipinski definition) is 4. The van der Waals surface area contributed by atoms with E-state index in [-0.39, 0.29) is 5.69 Å². The Morgan fingerprint density at radius 3 is 3.00 bits per heavy atom. The number of carboxylic acids is 1. The average Bonchev–Trinajstić information content (AvgIpc) is 2.52. The van der Waals surface area contributed by atoms with Gasteiger partial charge < -0.3 is 10.0 Å². The lowest BCUT2D eigenvalue weighted by Crippen LogP contribution is -2.37. The van der Waals surface area contributed by atoms with Crippen LogP contribution >= 0.6 is 0 Å². The SMILES string of the molecule is CC1CN(C)CCCN1Cc1cccc(C(=O)O)n1. The molecule has 0 radical (unpaired) electrons. The van der Waals surface area contributed by atoms with Crippen LogP contribution in [0.15, 0.2) is 18.2 Å². The van der Waals surface area contributed by atoms with Crippen molar-refractivity contribution in [2.24, 2.45) is 0 Å². The van der Waals surface area contributed by atoms with E-state index in [4.69, 9.17) is 5.11 Å². The van der Waals surface area contributed by atoms with Gasteiger partial charge in [0.05, 0.1) is 5.69 Å². The number of aromatic carboxylic acids is 1. The van der Waals surface area contributed by atoms with Crippen LogP contribution in [-0.4, -0.2) is 58.6 Å². The Hall–Kier alpha value is -1.46. The van der Waals surface area contributed by atoms with Crippen molar-refractivity contribution in [1.82, 2.24) is 14.8 Å². The van der Waals surface area contributed by atoms with Gasteiger partial charge in [0.1, 0.15) is 5.69 Å². The van der Waals surface area contributed by atoms with Gasteiger partial charge in [0, 0.05) is 25.7 Å². The zero-order chi connectivity index (χ0) is 13.8. The second kappa shape index (κ2) is 6.12. The summed E-state index contributed by atoms with van der Waals surface area (Å²) in [4.78, 5) is 19.8. The first kappa shape index (κ1) is 14.0. The van der Waals surface area contributed by atoms with Gasteiger partial charge >= 0.3 is 5.97 Å². The summed E-state index contributed by atoms with van der Waals surface area (Å²) in [6, 6.07) is 5.65. The lowest BCUT2D eigenvalue weighted by atomic mass is 10.2. The first-order valence-corrected chi connectivity index (χ1v) is 6.68. The Morgan fingerprint density at radius 1 is 1.47 bits per heavy atom. The summed E-state index contributed by atoms with van der Waals surface area (Å²) in [6.07, 6.45) is 1.14. The van der Waals surface area contributed by atoms with Crippen LogP contribution in [0.25, 0.3) is 0 Å². The van der Waals surface area contributed by atoms with Crippen molar-refractivity contribution in [3.05, 3.63) is 29.6 Å². The molecule has 0 spiro atoms. The molecule has 2 rings (SSSR count). The zero-order valence-corrected chi connectivity index (χ0v) is 11.5. The average molecular weight is 263 g/mol. The molecule has 1 saturated heterocycles. The molecule has 1 atom stereocenters. The van der Waals surface area contributed by atoms with Gasteiger partial charge in [-0.2, -0.15) is 0 Å². The molecule has 5 heteroatoms. The molecular weight excluding hydrogens is 242 g/mol. The van der Waals surface area contributed by atoms with E-state index >= 15 is 0 Å². The van der Waals surface area contributed by atoms with E-state index in [9.17, 15) is 4.79 Å². The molecule has 1 unspecified atom stereocenters. The Labute approximate surface area is 113 Å². The van der Waals surface area contributed by atoms with Crippen LogP contribution < -0.4 is 0 Å². The number of aromatic nitrogens is 1. The minimum Gasteiger partial charge on any atom is -0.477 e. The van der Waals surface area contributed by atoms with Crippen LogP contribution in [0.5, 0.6) is 0 Å². The van der Waals surface area contributed by atoms with Crippen molar-refractivity contribution in [1.29, 1.82) is 0 Å². The van der Waals surface area contributed by atoms with Gasteiger partial charge in [-0.25, -0.2) is 9.78 Å². The third-order valence-corrected chi connectivity index (χ3v) is 3.58. The fraction of sp³-hybridized carbons (Fsp3) is 0.571. The fourth-order valence-electron chi connectivity index (χ4n) is 2.55. The maximum Gasteiger partial charge on any atom is 0.354 e.